The molecule has 0 rings (SSSR count). The maximum atomic E-state index is 9.13. The van der Waals surface area contributed by atoms with Crippen LogP contribution in [0.1, 0.15) is 205 Å². The van der Waals surface area contributed by atoms with Crippen LogP contribution in [-0.4, -0.2) is 42.9 Å². The summed E-state index contributed by atoms with van der Waals surface area (Å²) in [5, 5.41) is 9.13. The van der Waals surface area contributed by atoms with E-state index in [-0.39, 0.29) is 0 Å². The molecule has 0 aromatic carbocycles. The van der Waals surface area contributed by atoms with Crippen molar-refractivity contribution < 1.29 is 9.84 Å². The number of allylic oxidation sites excluding steroid dienone is 1. The summed E-state index contributed by atoms with van der Waals surface area (Å²) in [4.78, 5) is 2.56. The molecule has 0 atom stereocenters. The molecule has 0 radical (unpaired) electrons. The molecule has 3 nitrogen and oxygen atoms in total. The molecule has 0 saturated carbocycles. The highest BCUT2D eigenvalue weighted by Crippen LogP contribution is 2.13. The van der Waals surface area contributed by atoms with Gasteiger partial charge in [-0.25, -0.2) is 0 Å². The maximum absolute atomic E-state index is 9.13. The first-order valence-electron chi connectivity index (χ1n) is 18.8. The van der Waals surface area contributed by atoms with Gasteiger partial charge in [0.1, 0.15) is 0 Å². The van der Waals surface area contributed by atoms with Gasteiger partial charge in [0.15, 0.2) is 0 Å². The molecule has 0 aliphatic carbocycles. The van der Waals surface area contributed by atoms with Gasteiger partial charge in [-0.2, -0.15) is 0 Å². The molecule has 256 valence electrons. The number of aliphatic hydroxyl groups excluding tert-OH is 1. The zero-order valence-electron chi connectivity index (χ0n) is 31.5. The molecule has 1 N–H and O–H groups in total. The average molecular weight is 590 g/mol. The van der Waals surface area contributed by atoms with Crippen molar-refractivity contribution in [3.63, 3.8) is 0 Å². The Hall–Kier alpha value is -0.540. The van der Waals surface area contributed by atoms with E-state index in [0.717, 1.165) is 38.2 Å². The van der Waals surface area contributed by atoms with E-state index in [2.05, 4.69) is 39.2 Å². The summed E-state index contributed by atoms with van der Waals surface area (Å²) in [7, 11) is 0. The van der Waals surface area contributed by atoms with Crippen LogP contribution >= 0.6 is 0 Å². The number of hydrogen-bond acceptors (Lipinski definition) is 3. The summed E-state index contributed by atoms with van der Waals surface area (Å²) in [6.45, 7) is 33.4. The summed E-state index contributed by atoms with van der Waals surface area (Å²) in [6, 6.07) is 0. The number of unbranched alkanes of at least 4 members (excludes halogenated alkanes) is 13. The molecule has 0 spiro atoms. The molecule has 0 heterocycles. The van der Waals surface area contributed by atoms with Crippen molar-refractivity contribution in [3.05, 3.63) is 12.3 Å². The standard InChI is InChI=1S/C27H55NO2.C3H8.4C2H6/c1-4-6-8-10-11-12-16-21-27(3)30-26-19-15-14-18-23-28(24-20-25-29)22-17-13-9-7-5-2;1-3-2;4*1-2/h29H,3-26H2,1-2H3;3H2,1-2H3;4*1-2H3. The first kappa shape index (κ1) is 53.1. The Morgan fingerprint density at radius 2 is 0.854 bits per heavy atom. The topological polar surface area (TPSA) is 32.7 Å². The van der Waals surface area contributed by atoms with Gasteiger partial charge >= 0.3 is 0 Å². The number of aliphatic hydroxyl groups is 1. The summed E-state index contributed by atoms with van der Waals surface area (Å²) < 4.78 is 5.82. The molecule has 3 heteroatoms. The number of ether oxygens (including phenoxy) is 1. The van der Waals surface area contributed by atoms with E-state index in [1.165, 1.54) is 116 Å². The van der Waals surface area contributed by atoms with Crippen molar-refractivity contribution in [1.29, 1.82) is 0 Å². The van der Waals surface area contributed by atoms with Crippen LogP contribution in [0.5, 0.6) is 0 Å². The third kappa shape index (κ3) is 63.8. The fraction of sp³-hybridized carbons (Fsp3) is 0.947. The highest BCUT2D eigenvalue weighted by molar-refractivity contribution is 4.81. The van der Waals surface area contributed by atoms with Gasteiger partial charge in [0.25, 0.3) is 0 Å². The lowest BCUT2D eigenvalue weighted by molar-refractivity contribution is 0.193. The quantitative estimate of drug-likeness (QED) is 0.0849. The first-order valence-corrected chi connectivity index (χ1v) is 18.8. The van der Waals surface area contributed by atoms with Crippen molar-refractivity contribution in [3.8, 4) is 0 Å². The molecular formula is C38H87NO2. The predicted molar refractivity (Wildman–Crippen MR) is 194 cm³/mol. The summed E-state index contributed by atoms with van der Waals surface area (Å²) in [5.74, 6) is 0.988. The molecule has 0 aliphatic rings. The van der Waals surface area contributed by atoms with E-state index in [9.17, 15) is 0 Å². The van der Waals surface area contributed by atoms with E-state index in [1.807, 2.05) is 55.4 Å². The fourth-order valence-electron chi connectivity index (χ4n) is 3.93. The SMILES string of the molecule is C=C(CCCCCCCCC)OCCCCCCN(CCCO)CCCCCCC.CC.CC.CC.CC.CCC. The molecule has 0 aromatic heterocycles. The van der Waals surface area contributed by atoms with Gasteiger partial charge in [-0.05, 0) is 45.2 Å². The van der Waals surface area contributed by atoms with E-state index in [1.54, 1.807) is 0 Å². The zero-order valence-corrected chi connectivity index (χ0v) is 31.5. The maximum Gasteiger partial charge on any atom is 0.0888 e. The van der Waals surface area contributed by atoms with Gasteiger partial charge in [-0.3, -0.25) is 0 Å². The molecule has 0 bridgehead atoms. The Morgan fingerprint density at radius 1 is 0.512 bits per heavy atom. The molecule has 0 aliphatic heterocycles. The van der Waals surface area contributed by atoms with Crippen LogP contribution in [0, 0.1) is 0 Å². The number of hydrogen-bond donors (Lipinski definition) is 1. The number of nitrogens with zero attached hydrogens (tertiary/aromatic N) is 1. The predicted octanol–water partition coefficient (Wildman–Crippen LogP) is 13.4. The normalized spacial score (nSPS) is 9.32. The van der Waals surface area contributed by atoms with E-state index in [4.69, 9.17) is 9.84 Å². The van der Waals surface area contributed by atoms with E-state index in [0.29, 0.717) is 6.61 Å². The van der Waals surface area contributed by atoms with Crippen LogP contribution in [0.3, 0.4) is 0 Å². The van der Waals surface area contributed by atoms with Crippen LogP contribution in [0.2, 0.25) is 0 Å². The molecule has 0 amide bonds. The van der Waals surface area contributed by atoms with Gasteiger partial charge in [0.2, 0.25) is 0 Å². The Labute approximate surface area is 264 Å². The Bertz CT molecular complexity index is 360. The largest absolute Gasteiger partial charge is 0.499 e. The lowest BCUT2D eigenvalue weighted by atomic mass is 10.1. The van der Waals surface area contributed by atoms with Crippen LogP contribution in [-0.2, 0) is 4.74 Å². The third-order valence-corrected chi connectivity index (χ3v) is 5.94. The lowest BCUT2D eigenvalue weighted by Crippen LogP contribution is -2.27. The Kier molecular flexibility index (Phi) is 81.4. The molecule has 0 saturated heterocycles. The van der Waals surface area contributed by atoms with Gasteiger partial charge in [-0.15, -0.1) is 0 Å². The lowest BCUT2D eigenvalue weighted by Gasteiger charge is -2.22. The molecular weight excluding hydrogens is 502 g/mol. The second-order valence-corrected chi connectivity index (χ2v) is 9.71. The highest BCUT2D eigenvalue weighted by atomic mass is 16.5. The fourth-order valence-corrected chi connectivity index (χ4v) is 3.93. The smallest absolute Gasteiger partial charge is 0.0888 e. The van der Waals surface area contributed by atoms with Crippen LogP contribution in [0.15, 0.2) is 12.3 Å². The summed E-state index contributed by atoms with van der Waals surface area (Å²) in [5.41, 5.74) is 0. The molecule has 41 heavy (non-hydrogen) atoms. The Morgan fingerprint density at radius 3 is 1.27 bits per heavy atom. The second-order valence-electron chi connectivity index (χ2n) is 9.71. The van der Waals surface area contributed by atoms with Crippen molar-refractivity contribution in [2.45, 2.75) is 205 Å². The highest BCUT2D eigenvalue weighted by Gasteiger charge is 2.04. The minimum Gasteiger partial charge on any atom is -0.499 e. The van der Waals surface area contributed by atoms with Crippen LogP contribution < -0.4 is 0 Å². The number of rotatable bonds is 25. The average Bonchev–Trinajstić information content (AvgIpc) is 3.02. The van der Waals surface area contributed by atoms with Crippen molar-refractivity contribution >= 4 is 0 Å². The molecule has 0 aromatic rings. The molecule has 0 unspecified atom stereocenters. The van der Waals surface area contributed by atoms with Gasteiger partial charge < -0.3 is 14.7 Å². The summed E-state index contributed by atoms with van der Waals surface area (Å²) in [6.07, 6.45) is 24.2. The zero-order chi connectivity index (χ0) is 32.8. The first-order chi connectivity index (χ1) is 20.2. The second kappa shape index (κ2) is 62.9. The van der Waals surface area contributed by atoms with Crippen molar-refractivity contribution in [2.24, 2.45) is 0 Å². The van der Waals surface area contributed by atoms with Crippen molar-refractivity contribution in [1.82, 2.24) is 4.90 Å². The molecule has 0 fully saturated rings. The van der Waals surface area contributed by atoms with Gasteiger partial charge in [-0.1, -0.05) is 173 Å². The van der Waals surface area contributed by atoms with Gasteiger partial charge in [0, 0.05) is 19.6 Å². The third-order valence-electron chi connectivity index (χ3n) is 5.94. The van der Waals surface area contributed by atoms with Crippen LogP contribution in [0.4, 0.5) is 0 Å². The minimum absolute atomic E-state index is 0.312. The van der Waals surface area contributed by atoms with E-state index >= 15 is 0 Å². The van der Waals surface area contributed by atoms with Gasteiger partial charge in [0.05, 0.1) is 12.4 Å². The van der Waals surface area contributed by atoms with Crippen molar-refractivity contribution in [2.75, 3.05) is 32.8 Å². The van der Waals surface area contributed by atoms with Crippen LogP contribution in [0.25, 0.3) is 0 Å². The Balaban J connectivity index is -0.000000244. The minimum atomic E-state index is 0.312. The van der Waals surface area contributed by atoms with E-state index < -0.39 is 0 Å². The summed E-state index contributed by atoms with van der Waals surface area (Å²) >= 11 is 0. The monoisotopic (exact) mass is 590 g/mol.